The monoisotopic (exact) mass is 499 g/mol. The molecule has 3 aliphatic rings. The second-order valence-corrected chi connectivity index (χ2v) is 9.95. The van der Waals surface area contributed by atoms with Crippen molar-refractivity contribution < 1.29 is 5.11 Å². The summed E-state index contributed by atoms with van der Waals surface area (Å²) < 4.78 is 3.23. The molecule has 1 fully saturated rings. The molecule has 1 aromatic heterocycles. The van der Waals surface area contributed by atoms with Crippen molar-refractivity contribution in [1.82, 2.24) is 24.5 Å². The number of pyridine rings is 1. The third-order valence-electron chi connectivity index (χ3n) is 7.10. The number of fused-ring (bicyclic) bond motifs is 3. The molecule has 0 unspecified atom stereocenters. The van der Waals surface area contributed by atoms with E-state index in [0.717, 1.165) is 52.5 Å². The van der Waals surface area contributed by atoms with Crippen LogP contribution < -0.4 is 5.56 Å². The van der Waals surface area contributed by atoms with Gasteiger partial charge in [-0.15, -0.1) is 0 Å². The Morgan fingerprint density at radius 3 is 2.50 bits per heavy atom. The first-order valence-electron chi connectivity index (χ1n) is 12.3. The van der Waals surface area contributed by atoms with Crippen LogP contribution in [-0.4, -0.2) is 35.8 Å². The molecule has 0 bridgehead atoms. The fourth-order valence-electron chi connectivity index (χ4n) is 5.15. The van der Waals surface area contributed by atoms with Gasteiger partial charge in [-0.25, -0.2) is 4.68 Å². The Labute approximate surface area is 213 Å². The third kappa shape index (κ3) is 3.98. The van der Waals surface area contributed by atoms with E-state index in [1.54, 1.807) is 4.68 Å². The van der Waals surface area contributed by atoms with E-state index in [-0.39, 0.29) is 11.6 Å². The minimum atomic E-state index is -0.579. The highest BCUT2D eigenvalue weighted by Crippen LogP contribution is 2.33. The van der Waals surface area contributed by atoms with Gasteiger partial charge in [-0.1, -0.05) is 66.9 Å². The fraction of sp³-hybridized carbons (Fsp3) is 0.286. The van der Waals surface area contributed by atoms with Crippen molar-refractivity contribution in [3.63, 3.8) is 0 Å². The molecule has 0 spiro atoms. The molecule has 3 heterocycles. The summed E-state index contributed by atoms with van der Waals surface area (Å²) in [6.07, 6.45) is 4.62. The second-order valence-electron chi connectivity index (χ2n) is 9.54. The number of benzene rings is 2. The van der Waals surface area contributed by atoms with Gasteiger partial charge in [0, 0.05) is 22.8 Å². The maximum Gasteiger partial charge on any atom is 0.297 e. The Morgan fingerprint density at radius 1 is 0.972 bits per heavy atom. The molecule has 6 rings (SSSR count). The molecule has 8 heteroatoms. The van der Waals surface area contributed by atoms with Crippen LogP contribution in [0.25, 0.3) is 33.4 Å². The predicted molar refractivity (Wildman–Crippen MR) is 140 cm³/mol. The molecule has 182 valence electrons. The lowest BCUT2D eigenvalue weighted by atomic mass is 9.93. The highest BCUT2D eigenvalue weighted by Gasteiger charge is 2.31. The summed E-state index contributed by atoms with van der Waals surface area (Å²) in [4.78, 5) is 17.8. The van der Waals surface area contributed by atoms with Crippen molar-refractivity contribution in [2.24, 2.45) is 0 Å². The number of aliphatic hydroxyl groups excluding tert-OH is 1. The molecule has 2 aliphatic heterocycles. The molecular formula is C28H26ClN5O2. The van der Waals surface area contributed by atoms with Crippen LogP contribution >= 0.6 is 11.6 Å². The number of halogens is 1. The van der Waals surface area contributed by atoms with Crippen molar-refractivity contribution in [3.05, 3.63) is 87.4 Å². The number of nitrogens with zero attached hydrogens (tertiary/aromatic N) is 5. The first-order chi connectivity index (χ1) is 17.5. The van der Waals surface area contributed by atoms with Crippen LogP contribution in [-0.2, 0) is 6.54 Å². The number of aromatic nitrogens is 5. The number of rotatable bonds is 4. The van der Waals surface area contributed by atoms with Crippen molar-refractivity contribution in [1.29, 1.82) is 0 Å². The Morgan fingerprint density at radius 2 is 1.75 bits per heavy atom. The molecule has 2 atom stereocenters. The average molecular weight is 500 g/mol. The first-order valence-corrected chi connectivity index (χ1v) is 12.6. The Balaban J connectivity index is 1.43. The number of hydrogen-bond donors (Lipinski definition) is 1. The summed E-state index contributed by atoms with van der Waals surface area (Å²) in [5, 5.41) is 21.3. The molecule has 36 heavy (non-hydrogen) atoms. The summed E-state index contributed by atoms with van der Waals surface area (Å²) in [6.45, 7) is 2.41. The molecule has 2 aromatic carbocycles. The molecule has 1 saturated carbocycles. The van der Waals surface area contributed by atoms with Crippen LogP contribution in [0.4, 0.5) is 0 Å². The van der Waals surface area contributed by atoms with Gasteiger partial charge in [0.05, 0.1) is 29.2 Å². The third-order valence-corrected chi connectivity index (χ3v) is 7.41. The molecule has 3 aromatic rings. The van der Waals surface area contributed by atoms with Gasteiger partial charge in [0.1, 0.15) is 5.69 Å². The van der Waals surface area contributed by atoms with Gasteiger partial charge in [-0.05, 0) is 43.0 Å². The summed E-state index contributed by atoms with van der Waals surface area (Å²) >= 11 is 6.64. The molecule has 0 radical (unpaired) electrons. The van der Waals surface area contributed by atoms with Gasteiger partial charge in [-0.3, -0.25) is 14.5 Å². The highest BCUT2D eigenvalue weighted by atomic mass is 35.5. The number of para-hydroxylation sites is 1. The van der Waals surface area contributed by atoms with Gasteiger partial charge in [0.15, 0.2) is 5.69 Å². The zero-order chi connectivity index (χ0) is 24.8. The summed E-state index contributed by atoms with van der Waals surface area (Å²) in [5.41, 5.74) is 5.42. The fourth-order valence-corrected chi connectivity index (χ4v) is 5.42. The lowest BCUT2D eigenvalue weighted by Gasteiger charge is -2.26. The van der Waals surface area contributed by atoms with Crippen LogP contribution in [0.5, 0.6) is 0 Å². The summed E-state index contributed by atoms with van der Waals surface area (Å²) in [6, 6.07) is 17.6. The lowest BCUT2D eigenvalue weighted by Crippen LogP contribution is -2.33. The van der Waals surface area contributed by atoms with Gasteiger partial charge in [0.25, 0.3) is 5.56 Å². The zero-order valence-corrected chi connectivity index (χ0v) is 20.7. The predicted octanol–water partition coefficient (Wildman–Crippen LogP) is 5.25. The van der Waals surface area contributed by atoms with Crippen molar-refractivity contribution >= 4 is 22.5 Å². The normalized spacial score (nSPS) is 18.2. The number of hydrogen-bond acceptors (Lipinski definition) is 5. The van der Waals surface area contributed by atoms with Crippen molar-refractivity contribution in [2.75, 3.05) is 0 Å². The Bertz CT molecular complexity index is 1570. The Hall–Kier alpha value is -3.55. The van der Waals surface area contributed by atoms with E-state index in [4.69, 9.17) is 16.7 Å². The first kappa shape index (κ1) is 22.9. The summed E-state index contributed by atoms with van der Waals surface area (Å²) in [7, 11) is 0. The minimum Gasteiger partial charge on any atom is -0.391 e. The topological polar surface area (TPSA) is 85.8 Å². The smallest absolute Gasteiger partial charge is 0.297 e. The van der Waals surface area contributed by atoms with E-state index in [1.807, 2.05) is 37.4 Å². The van der Waals surface area contributed by atoms with Crippen LogP contribution in [0, 0.1) is 6.92 Å². The largest absolute Gasteiger partial charge is 0.391 e. The number of aliphatic hydroxyl groups is 1. The van der Waals surface area contributed by atoms with E-state index in [0.29, 0.717) is 29.4 Å². The molecule has 1 aliphatic carbocycles. The lowest BCUT2D eigenvalue weighted by molar-refractivity contribution is 0.0681. The van der Waals surface area contributed by atoms with Crippen LogP contribution in [0.2, 0.25) is 5.02 Å². The number of aryl methyl sites for hydroxylation is 1. The van der Waals surface area contributed by atoms with Crippen LogP contribution in [0.1, 0.15) is 43.0 Å². The van der Waals surface area contributed by atoms with Gasteiger partial charge < -0.3 is 5.11 Å². The Kier molecular flexibility index (Phi) is 5.82. The van der Waals surface area contributed by atoms with Crippen LogP contribution in [0.3, 0.4) is 0 Å². The standard InChI is InChI=1S/C28H26ClN5O2/c1-17-9-12-20(15-30-17)19-13-10-18(11-14-19)16-33-27-21(5-4-6-22(27)29)25-26(31-33)28(36)34(32-25)23-7-2-3-8-24(23)35/h4-6,9-15,23-24,35H,2-3,7-8,16H2,1H3/t23-,24-/m0/s1. The van der Waals surface area contributed by atoms with Crippen molar-refractivity contribution in [2.45, 2.75) is 51.3 Å². The van der Waals surface area contributed by atoms with E-state index in [9.17, 15) is 9.90 Å². The average Bonchev–Trinajstić information content (AvgIpc) is 3.21. The van der Waals surface area contributed by atoms with Crippen molar-refractivity contribution in [3.8, 4) is 22.5 Å². The quantitative estimate of drug-likeness (QED) is 0.365. The molecule has 1 N–H and O–H groups in total. The zero-order valence-electron chi connectivity index (χ0n) is 19.9. The van der Waals surface area contributed by atoms with Gasteiger partial charge >= 0.3 is 0 Å². The molecule has 0 amide bonds. The van der Waals surface area contributed by atoms with E-state index >= 15 is 0 Å². The second kappa shape index (κ2) is 9.15. The summed E-state index contributed by atoms with van der Waals surface area (Å²) in [5.74, 6) is 0. The van der Waals surface area contributed by atoms with Gasteiger partial charge in [0.2, 0.25) is 0 Å². The minimum absolute atomic E-state index is 0.270. The SMILES string of the molecule is Cc1ccc(-c2ccc(Cn3nc4c(=O)n([C@H]5CCCC[C@@H]5O)nc-4c4cccc(Cl)c43)cc2)cn1. The van der Waals surface area contributed by atoms with Gasteiger partial charge in [-0.2, -0.15) is 10.2 Å². The van der Waals surface area contributed by atoms with E-state index in [1.165, 1.54) is 4.68 Å². The van der Waals surface area contributed by atoms with E-state index in [2.05, 4.69) is 40.4 Å². The maximum absolute atomic E-state index is 13.4. The maximum atomic E-state index is 13.4. The highest BCUT2D eigenvalue weighted by molar-refractivity contribution is 6.35. The molecular weight excluding hydrogens is 474 g/mol. The molecule has 7 nitrogen and oxygen atoms in total. The van der Waals surface area contributed by atoms with E-state index < -0.39 is 6.10 Å². The molecule has 0 saturated heterocycles. The van der Waals surface area contributed by atoms with Crippen LogP contribution in [0.15, 0.2) is 65.6 Å².